The molecule has 1 rings (SSSR count). The van der Waals surface area contributed by atoms with Gasteiger partial charge in [-0.2, -0.15) is 0 Å². The van der Waals surface area contributed by atoms with Gasteiger partial charge in [0.25, 0.3) is 5.91 Å². The van der Waals surface area contributed by atoms with Crippen molar-refractivity contribution in [2.45, 2.75) is 0 Å². The highest BCUT2D eigenvalue weighted by Gasteiger charge is 2.18. The predicted molar refractivity (Wildman–Crippen MR) is 61.0 cm³/mol. The number of benzene rings is 1. The van der Waals surface area contributed by atoms with Crippen molar-refractivity contribution in [2.24, 2.45) is 0 Å². The van der Waals surface area contributed by atoms with E-state index in [1.165, 1.54) is 0 Å². The van der Waals surface area contributed by atoms with Crippen LogP contribution in [0.5, 0.6) is 0 Å². The molecule has 0 aliphatic carbocycles. The lowest BCUT2D eigenvalue weighted by molar-refractivity contribution is 0.0833. The summed E-state index contributed by atoms with van der Waals surface area (Å²) in [5.41, 5.74) is 4.24. The normalized spacial score (nSPS) is 10.4. The van der Waals surface area contributed by atoms with Crippen LogP contribution in [0.1, 0.15) is 10.4 Å². The zero-order chi connectivity index (χ0) is 13.5. The maximum absolute atomic E-state index is 13.5. The highest BCUT2D eigenvalue weighted by molar-refractivity contribution is 5.95. The molecule has 0 fully saturated rings. The van der Waals surface area contributed by atoms with Crippen LogP contribution in [-0.2, 0) is 4.74 Å². The Labute approximate surface area is 103 Å². The Kier molecular flexibility index (Phi) is 5.47. The minimum Gasteiger partial charge on any atom is -0.396 e. The third kappa shape index (κ3) is 3.64. The largest absolute Gasteiger partial charge is 0.396 e. The van der Waals surface area contributed by atoms with Gasteiger partial charge in [0.1, 0.15) is 11.4 Å². The van der Waals surface area contributed by atoms with E-state index in [2.05, 4.69) is 5.32 Å². The average molecular weight is 260 g/mol. The molecule has 0 aromatic heterocycles. The van der Waals surface area contributed by atoms with Gasteiger partial charge < -0.3 is 20.9 Å². The van der Waals surface area contributed by atoms with E-state index >= 15 is 0 Å². The number of aliphatic hydroxyl groups excluding tert-OH is 1. The van der Waals surface area contributed by atoms with Gasteiger partial charge in [0, 0.05) is 6.54 Å². The lowest BCUT2D eigenvalue weighted by atomic mass is 10.1. The number of carbonyl (C=O) groups is 1. The van der Waals surface area contributed by atoms with Crippen molar-refractivity contribution in [3.8, 4) is 0 Å². The van der Waals surface area contributed by atoms with Gasteiger partial charge in [-0.3, -0.25) is 4.79 Å². The van der Waals surface area contributed by atoms with E-state index in [-0.39, 0.29) is 32.1 Å². The monoisotopic (exact) mass is 260 g/mol. The predicted octanol–water partition coefficient (Wildman–Crippen LogP) is 0.286. The fourth-order valence-electron chi connectivity index (χ4n) is 1.27. The van der Waals surface area contributed by atoms with Crippen LogP contribution in [0, 0.1) is 11.6 Å². The second kappa shape index (κ2) is 6.87. The van der Waals surface area contributed by atoms with Crippen molar-refractivity contribution in [1.29, 1.82) is 0 Å². The van der Waals surface area contributed by atoms with E-state index < -0.39 is 23.1 Å². The topological polar surface area (TPSA) is 84.6 Å². The molecule has 0 radical (unpaired) electrons. The minimum atomic E-state index is -1.08. The Hall–Kier alpha value is -1.73. The average Bonchev–Trinajstić information content (AvgIpc) is 2.34. The van der Waals surface area contributed by atoms with Gasteiger partial charge in [-0.25, -0.2) is 8.78 Å². The third-order valence-electron chi connectivity index (χ3n) is 2.12. The molecule has 1 amide bonds. The lowest BCUT2D eigenvalue weighted by Gasteiger charge is -2.08. The Morgan fingerprint density at radius 1 is 1.39 bits per heavy atom. The number of nitrogens with one attached hydrogen (secondary N) is 1. The van der Waals surface area contributed by atoms with Crippen LogP contribution in [0.25, 0.3) is 0 Å². The first-order chi connectivity index (χ1) is 8.57. The van der Waals surface area contributed by atoms with Crippen LogP contribution in [-0.4, -0.2) is 37.4 Å². The summed E-state index contributed by atoms with van der Waals surface area (Å²) in [6, 6.07) is 1.97. The molecule has 4 N–H and O–H groups in total. The molecule has 18 heavy (non-hydrogen) atoms. The molecule has 0 aliphatic heterocycles. The Morgan fingerprint density at radius 3 is 2.78 bits per heavy atom. The number of rotatable bonds is 6. The zero-order valence-corrected chi connectivity index (χ0v) is 9.58. The summed E-state index contributed by atoms with van der Waals surface area (Å²) in [5, 5.41) is 10.7. The second-order valence-electron chi connectivity index (χ2n) is 3.42. The number of halogens is 2. The number of nitrogens with two attached hydrogens (primary N) is 1. The SMILES string of the molecule is Nc1ccc(F)c(C(=O)NCCOCCO)c1F. The number of anilines is 1. The quantitative estimate of drug-likeness (QED) is 0.507. The van der Waals surface area contributed by atoms with Crippen LogP contribution in [0.3, 0.4) is 0 Å². The summed E-state index contributed by atoms with van der Waals surface area (Å²) < 4.78 is 31.6. The minimum absolute atomic E-state index is 0.0759. The summed E-state index contributed by atoms with van der Waals surface area (Å²) in [7, 11) is 0. The first kappa shape index (κ1) is 14.3. The Balaban J connectivity index is 2.59. The van der Waals surface area contributed by atoms with E-state index in [9.17, 15) is 13.6 Å². The second-order valence-corrected chi connectivity index (χ2v) is 3.42. The summed E-state index contributed by atoms with van der Waals surface area (Å²) in [4.78, 5) is 11.5. The van der Waals surface area contributed by atoms with Crippen LogP contribution in [0.2, 0.25) is 0 Å². The molecular weight excluding hydrogens is 246 g/mol. The fraction of sp³-hybridized carbons (Fsp3) is 0.364. The first-order valence-corrected chi connectivity index (χ1v) is 5.28. The van der Waals surface area contributed by atoms with Gasteiger partial charge in [0.2, 0.25) is 0 Å². The van der Waals surface area contributed by atoms with Crippen molar-refractivity contribution < 1.29 is 23.4 Å². The molecule has 0 aliphatic rings. The third-order valence-corrected chi connectivity index (χ3v) is 2.12. The van der Waals surface area contributed by atoms with Gasteiger partial charge in [-0.05, 0) is 12.1 Å². The summed E-state index contributed by atoms with van der Waals surface area (Å²) in [6.07, 6.45) is 0. The molecule has 100 valence electrons. The van der Waals surface area contributed by atoms with E-state index in [0.29, 0.717) is 0 Å². The molecule has 0 saturated carbocycles. The van der Waals surface area contributed by atoms with Crippen LogP contribution in [0.15, 0.2) is 12.1 Å². The molecule has 0 heterocycles. The molecule has 0 atom stereocenters. The van der Waals surface area contributed by atoms with Crippen molar-refractivity contribution in [2.75, 3.05) is 32.1 Å². The van der Waals surface area contributed by atoms with Gasteiger partial charge in [-0.15, -0.1) is 0 Å². The maximum Gasteiger partial charge on any atom is 0.257 e. The van der Waals surface area contributed by atoms with E-state index in [1.807, 2.05) is 0 Å². The number of hydrogen-bond donors (Lipinski definition) is 3. The molecule has 5 nitrogen and oxygen atoms in total. The highest BCUT2D eigenvalue weighted by atomic mass is 19.1. The molecule has 7 heteroatoms. The highest BCUT2D eigenvalue weighted by Crippen LogP contribution is 2.18. The lowest BCUT2D eigenvalue weighted by Crippen LogP contribution is -2.29. The number of aliphatic hydroxyl groups is 1. The number of hydrogen-bond acceptors (Lipinski definition) is 4. The standard InChI is InChI=1S/C11H14F2N2O3/c12-7-1-2-8(14)10(13)9(7)11(17)15-3-5-18-6-4-16/h1-2,16H,3-6,14H2,(H,15,17). The maximum atomic E-state index is 13.5. The van der Waals surface area contributed by atoms with Crippen LogP contribution < -0.4 is 11.1 Å². The molecular formula is C11H14F2N2O3. The van der Waals surface area contributed by atoms with Gasteiger partial charge in [-0.1, -0.05) is 0 Å². The van der Waals surface area contributed by atoms with Crippen LogP contribution >= 0.6 is 0 Å². The molecule has 0 saturated heterocycles. The van der Waals surface area contributed by atoms with Gasteiger partial charge >= 0.3 is 0 Å². The van der Waals surface area contributed by atoms with Gasteiger partial charge in [0.15, 0.2) is 5.82 Å². The summed E-state index contributed by atoms with van der Waals surface area (Å²) >= 11 is 0. The van der Waals surface area contributed by atoms with Crippen molar-refractivity contribution in [1.82, 2.24) is 5.32 Å². The van der Waals surface area contributed by atoms with E-state index in [0.717, 1.165) is 12.1 Å². The number of nitrogen functional groups attached to an aromatic ring is 1. The molecule has 0 bridgehead atoms. The fourth-order valence-corrected chi connectivity index (χ4v) is 1.27. The molecule has 0 spiro atoms. The summed E-state index contributed by atoms with van der Waals surface area (Å²) in [5.74, 6) is -2.95. The zero-order valence-electron chi connectivity index (χ0n) is 9.58. The first-order valence-electron chi connectivity index (χ1n) is 5.28. The smallest absolute Gasteiger partial charge is 0.257 e. The Morgan fingerprint density at radius 2 is 2.11 bits per heavy atom. The van der Waals surface area contributed by atoms with Gasteiger partial charge in [0.05, 0.1) is 25.5 Å². The number of ether oxygens (including phenoxy) is 1. The van der Waals surface area contributed by atoms with Crippen LogP contribution in [0.4, 0.5) is 14.5 Å². The summed E-state index contributed by atoms with van der Waals surface area (Å²) in [6.45, 7) is 0.216. The van der Waals surface area contributed by atoms with Crippen molar-refractivity contribution >= 4 is 11.6 Å². The number of carbonyl (C=O) groups excluding carboxylic acids is 1. The van der Waals surface area contributed by atoms with Crippen molar-refractivity contribution in [3.05, 3.63) is 29.3 Å². The molecule has 1 aromatic rings. The van der Waals surface area contributed by atoms with Crippen molar-refractivity contribution in [3.63, 3.8) is 0 Å². The molecule has 1 aromatic carbocycles. The molecule has 0 unspecified atom stereocenters. The van der Waals surface area contributed by atoms with E-state index in [1.54, 1.807) is 0 Å². The van der Waals surface area contributed by atoms with E-state index in [4.69, 9.17) is 15.6 Å². The number of amides is 1. The Bertz CT molecular complexity index is 427.